The highest BCUT2D eigenvalue weighted by molar-refractivity contribution is 7.91. The molecule has 0 radical (unpaired) electrons. The van der Waals surface area contributed by atoms with Gasteiger partial charge in [0.1, 0.15) is 0 Å². The van der Waals surface area contributed by atoms with Crippen molar-refractivity contribution in [3.05, 3.63) is 11.2 Å². The van der Waals surface area contributed by atoms with E-state index in [9.17, 15) is 13.2 Å². The molecule has 2 rings (SSSR count). The third kappa shape index (κ3) is 3.52. The van der Waals surface area contributed by atoms with Crippen LogP contribution in [0.4, 0.5) is 0 Å². The van der Waals surface area contributed by atoms with Gasteiger partial charge in [0, 0.05) is 6.54 Å². The van der Waals surface area contributed by atoms with Crippen LogP contribution in [0, 0.1) is 0 Å². The van der Waals surface area contributed by atoms with Gasteiger partial charge in [-0.3, -0.25) is 0 Å². The fourth-order valence-corrected chi connectivity index (χ4v) is 3.82. The number of rotatable bonds is 5. The molecule has 1 aliphatic rings. The molecule has 1 aliphatic heterocycles. The van der Waals surface area contributed by atoms with E-state index in [-0.39, 0.29) is 22.6 Å². The van der Waals surface area contributed by atoms with E-state index in [0.717, 1.165) is 11.3 Å². The van der Waals surface area contributed by atoms with Gasteiger partial charge in [-0.25, -0.2) is 22.9 Å². The number of carbonyl (C=O) groups is 1. The zero-order valence-corrected chi connectivity index (χ0v) is 12.3. The zero-order valence-electron chi connectivity index (χ0n) is 10.7. The minimum atomic E-state index is -3.83. The van der Waals surface area contributed by atoms with E-state index in [1.165, 1.54) is 12.6 Å². The van der Waals surface area contributed by atoms with E-state index in [1.807, 2.05) is 0 Å². The van der Waals surface area contributed by atoms with Crippen molar-refractivity contribution in [3.8, 4) is 0 Å². The normalized spacial score (nSPS) is 19.8. The summed E-state index contributed by atoms with van der Waals surface area (Å²) < 4.78 is 41.5. The summed E-state index contributed by atoms with van der Waals surface area (Å²) in [5, 5.41) is 0. The third-order valence-corrected chi connectivity index (χ3v) is 5.34. The van der Waals surface area contributed by atoms with Gasteiger partial charge in [-0.05, 0) is 0 Å². The maximum absolute atomic E-state index is 12.1. The number of aromatic nitrogens is 1. The zero-order chi connectivity index (χ0) is 14.6. The molecule has 1 aromatic heterocycles. The van der Waals surface area contributed by atoms with Gasteiger partial charge in [-0.1, -0.05) is 0 Å². The Morgan fingerprint density at radius 3 is 3.05 bits per heavy atom. The lowest BCUT2D eigenvalue weighted by atomic mass is 10.3. The van der Waals surface area contributed by atoms with Crippen LogP contribution in [0.5, 0.6) is 0 Å². The summed E-state index contributed by atoms with van der Waals surface area (Å²) in [5.41, 5.74) is 1.06. The summed E-state index contributed by atoms with van der Waals surface area (Å²) in [6, 6.07) is 0. The first-order valence-electron chi connectivity index (χ1n) is 5.75. The third-order valence-electron chi connectivity index (χ3n) is 2.54. The molecule has 0 spiro atoms. The predicted molar refractivity (Wildman–Crippen MR) is 69.2 cm³/mol. The highest BCUT2D eigenvalue weighted by Gasteiger charge is 2.27. The van der Waals surface area contributed by atoms with Crippen molar-refractivity contribution in [2.75, 3.05) is 33.5 Å². The number of nitrogens with one attached hydrogen (secondary N) is 1. The molecular formula is C10H14N2O6S2. The summed E-state index contributed by atoms with van der Waals surface area (Å²) in [4.78, 5) is 15.1. The van der Waals surface area contributed by atoms with Gasteiger partial charge in [-0.15, -0.1) is 11.3 Å². The first kappa shape index (κ1) is 15.3. The highest BCUT2D eigenvalue weighted by Crippen LogP contribution is 2.20. The number of hydrogen-bond donors (Lipinski definition) is 1. The van der Waals surface area contributed by atoms with Crippen molar-refractivity contribution in [1.82, 2.24) is 9.71 Å². The first-order valence-corrected chi connectivity index (χ1v) is 8.11. The van der Waals surface area contributed by atoms with Crippen LogP contribution in [0.2, 0.25) is 0 Å². The van der Waals surface area contributed by atoms with Gasteiger partial charge >= 0.3 is 5.97 Å². The van der Waals surface area contributed by atoms with Gasteiger partial charge < -0.3 is 14.2 Å². The predicted octanol–water partition coefficient (Wildman–Crippen LogP) is -0.377. The van der Waals surface area contributed by atoms with Crippen LogP contribution in [0.15, 0.2) is 9.72 Å². The second-order valence-corrected chi connectivity index (χ2v) is 6.72. The van der Waals surface area contributed by atoms with Crippen molar-refractivity contribution in [2.45, 2.75) is 10.3 Å². The van der Waals surface area contributed by atoms with E-state index in [4.69, 9.17) is 9.47 Å². The van der Waals surface area contributed by atoms with Gasteiger partial charge in [0.05, 0.1) is 38.5 Å². The van der Waals surface area contributed by atoms with Gasteiger partial charge in [-0.2, -0.15) is 0 Å². The van der Waals surface area contributed by atoms with Crippen molar-refractivity contribution in [2.24, 2.45) is 0 Å². The van der Waals surface area contributed by atoms with E-state index in [0.29, 0.717) is 19.8 Å². The monoisotopic (exact) mass is 322 g/mol. The number of carbonyl (C=O) groups excluding carboxylic acids is 1. The highest BCUT2D eigenvalue weighted by atomic mass is 32.2. The number of nitrogens with zero attached hydrogens (tertiary/aromatic N) is 1. The molecule has 20 heavy (non-hydrogen) atoms. The Balaban J connectivity index is 2.06. The van der Waals surface area contributed by atoms with Gasteiger partial charge in [0.15, 0.2) is 9.90 Å². The number of sulfonamides is 1. The lowest BCUT2D eigenvalue weighted by molar-refractivity contribution is -0.0846. The van der Waals surface area contributed by atoms with Crippen molar-refractivity contribution in [3.63, 3.8) is 0 Å². The molecule has 0 aromatic carbocycles. The van der Waals surface area contributed by atoms with Crippen LogP contribution in [-0.4, -0.2) is 59.0 Å². The fourth-order valence-electron chi connectivity index (χ4n) is 1.58. The fraction of sp³-hybridized carbons (Fsp3) is 0.600. The second-order valence-electron chi connectivity index (χ2n) is 3.90. The molecule has 2 heterocycles. The molecule has 1 saturated heterocycles. The number of thiazole rings is 1. The Kier molecular flexibility index (Phi) is 5.05. The Morgan fingerprint density at radius 2 is 2.40 bits per heavy atom. The van der Waals surface area contributed by atoms with E-state index in [1.54, 1.807) is 0 Å². The largest absolute Gasteiger partial charge is 0.464 e. The van der Waals surface area contributed by atoms with Crippen molar-refractivity contribution >= 4 is 27.3 Å². The van der Waals surface area contributed by atoms with Crippen LogP contribution >= 0.6 is 11.3 Å². The van der Waals surface area contributed by atoms with Crippen molar-refractivity contribution in [1.29, 1.82) is 0 Å². The minimum Gasteiger partial charge on any atom is -0.464 e. The molecule has 0 saturated carbocycles. The van der Waals surface area contributed by atoms with E-state index < -0.39 is 16.0 Å². The molecule has 8 nitrogen and oxygen atoms in total. The van der Waals surface area contributed by atoms with Gasteiger partial charge in [0.2, 0.25) is 0 Å². The first-order chi connectivity index (χ1) is 9.54. The van der Waals surface area contributed by atoms with Crippen LogP contribution in [0.25, 0.3) is 0 Å². The topological polar surface area (TPSA) is 104 Å². The smallest absolute Gasteiger partial charge is 0.358 e. The van der Waals surface area contributed by atoms with Crippen LogP contribution < -0.4 is 4.72 Å². The van der Waals surface area contributed by atoms with Crippen LogP contribution in [-0.2, 0) is 24.2 Å². The maximum atomic E-state index is 12.1. The summed E-state index contributed by atoms with van der Waals surface area (Å²) >= 11 is 0.852. The Hall–Kier alpha value is -1.07. The average molecular weight is 322 g/mol. The minimum absolute atomic E-state index is 0.0703. The summed E-state index contributed by atoms with van der Waals surface area (Å²) in [7, 11) is -2.67. The average Bonchev–Trinajstić information content (AvgIpc) is 2.96. The molecule has 10 heteroatoms. The molecule has 1 atom stereocenters. The van der Waals surface area contributed by atoms with Crippen LogP contribution in [0.1, 0.15) is 10.5 Å². The number of hydrogen-bond acceptors (Lipinski definition) is 8. The van der Waals surface area contributed by atoms with E-state index in [2.05, 4.69) is 14.4 Å². The summed E-state index contributed by atoms with van der Waals surface area (Å²) in [6.07, 6.45) is -0.340. The Labute approximate surface area is 120 Å². The maximum Gasteiger partial charge on any atom is 0.358 e. The lowest BCUT2D eigenvalue weighted by Crippen LogP contribution is -2.39. The molecule has 1 unspecified atom stereocenters. The molecular weight excluding hydrogens is 308 g/mol. The molecule has 0 bridgehead atoms. The SMILES string of the molecule is COC(=O)c1ncsc1S(=O)(=O)NCC1COCCO1. The number of methoxy groups -OCH3 is 1. The number of esters is 1. The molecule has 112 valence electrons. The second kappa shape index (κ2) is 6.59. The summed E-state index contributed by atoms with van der Waals surface area (Å²) in [6.45, 7) is 1.33. The molecule has 1 N–H and O–H groups in total. The Morgan fingerprint density at radius 1 is 1.60 bits per heavy atom. The van der Waals surface area contributed by atoms with E-state index >= 15 is 0 Å². The van der Waals surface area contributed by atoms with Gasteiger partial charge in [0.25, 0.3) is 10.0 Å². The quantitative estimate of drug-likeness (QED) is 0.737. The lowest BCUT2D eigenvalue weighted by Gasteiger charge is -2.22. The van der Waals surface area contributed by atoms with Crippen LogP contribution in [0.3, 0.4) is 0 Å². The molecule has 1 aromatic rings. The number of ether oxygens (including phenoxy) is 3. The Bertz CT molecular complexity index is 564. The summed E-state index contributed by atoms with van der Waals surface area (Å²) in [5.74, 6) is -0.788. The molecule has 0 amide bonds. The molecule has 1 fully saturated rings. The standard InChI is InChI=1S/C10H14N2O6S2/c1-16-9(13)8-10(19-6-11-8)20(14,15)12-4-7-5-17-2-3-18-7/h6-7,12H,2-5H2,1H3. The molecule has 0 aliphatic carbocycles. The van der Waals surface area contributed by atoms with Crippen molar-refractivity contribution < 1.29 is 27.4 Å².